The van der Waals surface area contributed by atoms with Crippen LogP contribution in [0.2, 0.25) is 0 Å². The summed E-state index contributed by atoms with van der Waals surface area (Å²) < 4.78 is 12.6. The second kappa shape index (κ2) is 3.78. The van der Waals surface area contributed by atoms with E-state index in [2.05, 4.69) is 5.32 Å². The molecule has 2 nitrogen and oxygen atoms in total. The molecule has 0 spiro atoms. The Morgan fingerprint density at radius 3 is 2.71 bits per heavy atom. The Kier molecular flexibility index (Phi) is 2.48. The van der Waals surface area contributed by atoms with Crippen molar-refractivity contribution in [1.29, 1.82) is 0 Å². The minimum Gasteiger partial charge on any atom is -0.350 e. The van der Waals surface area contributed by atoms with Crippen molar-refractivity contribution < 1.29 is 9.18 Å². The van der Waals surface area contributed by atoms with E-state index in [1.165, 1.54) is 0 Å². The fourth-order valence-electron chi connectivity index (χ4n) is 1.90. The van der Waals surface area contributed by atoms with Gasteiger partial charge in [0.15, 0.2) is 0 Å². The zero-order chi connectivity index (χ0) is 9.97. The summed E-state index contributed by atoms with van der Waals surface area (Å²) in [5, 5.41) is 2.64. The minimum atomic E-state index is -0.495. The van der Waals surface area contributed by atoms with Crippen molar-refractivity contribution in [2.45, 2.75) is 18.4 Å². The van der Waals surface area contributed by atoms with Gasteiger partial charge in [0.1, 0.15) is 6.67 Å². The Balaban J connectivity index is 2.22. The van der Waals surface area contributed by atoms with Crippen LogP contribution in [0.3, 0.4) is 0 Å². The number of nitrogens with one attached hydrogen (secondary N) is 1. The first-order valence-corrected chi connectivity index (χ1v) is 4.71. The topological polar surface area (TPSA) is 29.1 Å². The maximum Gasteiger partial charge on any atom is 0.221 e. The third-order valence-electron chi connectivity index (χ3n) is 2.63. The first-order chi connectivity index (χ1) is 6.81. The van der Waals surface area contributed by atoms with Crippen molar-refractivity contribution in [3.8, 4) is 0 Å². The molecule has 1 aromatic rings. The van der Waals surface area contributed by atoms with Gasteiger partial charge in [-0.25, -0.2) is 4.39 Å². The van der Waals surface area contributed by atoms with Gasteiger partial charge in [0.25, 0.3) is 0 Å². The molecular formula is C11H12FNO. The van der Waals surface area contributed by atoms with E-state index in [1.807, 2.05) is 30.3 Å². The highest BCUT2D eigenvalue weighted by Gasteiger charge is 2.32. The first kappa shape index (κ1) is 9.19. The van der Waals surface area contributed by atoms with Crippen LogP contribution in [0.15, 0.2) is 30.3 Å². The average molecular weight is 193 g/mol. The molecule has 1 saturated heterocycles. The van der Waals surface area contributed by atoms with E-state index in [0.717, 1.165) is 5.56 Å². The molecule has 74 valence electrons. The summed E-state index contributed by atoms with van der Waals surface area (Å²) in [6.07, 6.45) is 0.401. The van der Waals surface area contributed by atoms with Gasteiger partial charge in [-0.15, -0.1) is 0 Å². The number of alkyl halides is 1. The van der Waals surface area contributed by atoms with Crippen molar-refractivity contribution >= 4 is 5.91 Å². The number of benzene rings is 1. The molecular weight excluding hydrogens is 181 g/mol. The molecule has 0 bridgehead atoms. The summed E-state index contributed by atoms with van der Waals surface area (Å²) in [5.74, 6) is -0.0600. The lowest BCUT2D eigenvalue weighted by Gasteiger charge is -2.15. The van der Waals surface area contributed by atoms with Gasteiger partial charge in [0.05, 0.1) is 6.04 Å². The Labute approximate surface area is 82.1 Å². The van der Waals surface area contributed by atoms with Gasteiger partial charge >= 0.3 is 0 Å². The standard InChI is InChI=1S/C11H12FNO/c12-7-10-9(6-11(14)13-10)8-4-2-1-3-5-8/h1-5,9-10H,6-7H2,(H,13,14). The molecule has 1 amide bonds. The number of carbonyl (C=O) groups excluding carboxylic acids is 1. The second-order valence-corrected chi connectivity index (χ2v) is 3.55. The number of hydrogen-bond acceptors (Lipinski definition) is 1. The molecule has 1 heterocycles. The van der Waals surface area contributed by atoms with E-state index in [-0.39, 0.29) is 17.9 Å². The van der Waals surface area contributed by atoms with Crippen molar-refractivity contribution in [1.82, 2.24) is 5.32 Å². The Morgan fingerprint density at radius 1 is 1.36 bits per heavy atom. The van der Waals surface area contributed by atoms with E-state index in [9.17, 15) is 9.18 Å². The molecule has 0 aliphatic carbocycles. The van der Waals surface area contributed by atoms with E-state index < -0.39 is 6.67 Å². The minimum absolute atomic E-state index is 0.00583. The summed E-state index contributed by atoms with van der Waals surface area (Å²) in [7, 11) is 0. The predicted molar refractivity (Wildman–Crippen MR) is 51.7 cm³/mol. The average Bonchev–Trinajstić information content (AvgIpc) is 2.61. The van der Waals surface area contributed by atoms with Crippen molar-refractivity contribution in [2.24, 2.45) is 0 Å². The molecule has 2 rings (SSSR count). The van der Waals surface area contributed by atoms with Crippen LogP contribution < -0.4 is 5.32 Å². The van der Waals surface area contributed by atoms with E-state index in [4.69, 9.17) is 0 Å². The van der Waals surface area contributed by atoms with Crippen LogP contribution in [-0.4, -0.2) is 18.6 Å². The summed E-state index contributed by atoms with van der Waals surface area (Å²) in [5.41, 5.74) is 1.04. The molecule has 0 radical (unpaired) electrons. The van der Waals surface area contributed by atoms with Crippen LogP contribution in [-0.2, 0) is 4.79 Å². The third-order valence-corrected chi connectivity index (χ3v) is 2.63. The van der Waals surface area contributed by atoms with Crippen molar-refractivity contribution in [3.05, 3.63) is 35.9 Å². The van der Waals surface area contributed by atoms with Crippen molar-refractivity contribution in [3.63, 3.8) is 0 Å². The normalized spacial score (nSPS) is 26.2. The lowest BCUT2D eigenvalue weighted by molar-refractivity contribution is -0.119. The van der Waals surface area contributed by atoms with Crippen LogP contribution in [0.4, 0.5) is 4.39 Å². The number of amides is 1. The number of hydrogen-bond donors (Lipinski definition) is 1. The molecule has 1 aromatic carbocycles. The lowest BCUT2D eigenvalue weighted by atomic mass is 9.93. The molecule has 2 unspecified atom stereocenters. The number of rotatable bonds is 2. The monoisotopic (exact) mass is 193 g/mol. The SMILES string of the molecule is O=C1CC(c2ccccc2)C(CF)N1. The van der Waals surface area contributed by atoms with Crippen LogP contribution in [0.25, 0.3) is 0 Å². The lowest BCUT2D eigenvalue weighted by Crippen LogP contribution is -2.30. The highest BCUT2D eigenvalue weighted by atomic mass is 19.1. The molecule has 14 heavy (non-hydrogen) atoms. The van der Waals surface area contributed by atoms with Crippen LogP contribution in [0, 0.1) is 0 Å². The molecule has 3 heteroatoms. The smallest absolute Gasteiger partial charge is 0.221 e. The fraction of sp³-hybridized carbons (Fsp3) is 0.364. The summed E-state index contributed by atoms with van der Waals surface area (Å²) in [4.78, 5) is 11.1. The van der Waals surface area contributed by atoms with Gasteiger partial charge in [-0.3, -0.25) is 4.79 Å². The van der Waals surface area contributed by atoms with Gasteiger partial charge in [0.2, 0.25) is 5.91 Å². The van der Waals surface area contributed by atoms with E-state index in [0.29, 0.717) is 6.42 Å². The van der Waals surface area contributed by atoms with Crippen LogP contribution in [0.5, 0.6) is 0 Å². The third kappa shape index (κ3) is 1.62. The van der Waals surface area contributed by atoms with Crippen LogP contribution in [0.1, 0.15) is 17.9 Å². The van der Waals surface area contributed by atoms with Gasteiger partial charge in [-0.1, -0.05) is 30.3 Å². The van der Waals surface area contributed by atoms with Gasteiger partial charge < -0.3 is 5.32 Å². The Hall–Kier alpha value is -1.38. The van der Waals surface area contributed by atoms with Gasteiger partial charge in [0, 0.05) is 12.3 Å². The second-order valence-electron chi connectivity index (χ2n) is 3.55. The molecule has 1 N–H and O–H groups in total. The summed E-state index contributed by atoms with van der Waals surface area (Å²) in [6.45, 7) is -0.495. The molecule has 2 atom stereocenters. The predicted octanol–water partition coefficient (Wildman–Crippen LogP) is 1.63. The van der Waals surface area contributed by atoms with Gasteiger partial charge in [-0.2, -0.15) is 0 Å². The molecule has 0 saturated carbocycles. The molecule has 1 aliphatic rings. The molecule has 1 fully saturated rings. The largest absolute Gasteiger partial charge is 0.350 e. The zero-order valence-corrected chi connectivity index (χ0v) is 7.74. The van der Waals surface area contributed by atoms with E-state index in [1.54, 1.807) is 0 Å². The van der Waals surface area contributed by atoms with Gasteiger partial charge in [-0.05, 0) is 5.56 Å². The first-order valence-electron chi connectivity index (χ1n) is 4.71. The Morgan fingerprint density at radius 2 is 2.07 bits per heavy atom. The number of halogens is 1. The summed E-state index contributed by atoms with van der Waals surface area (Å²) >= 11 is 0. The highest BCUT2D eigenvalue weighted by Crippen LogP contribution is 2.28. The van der Waals surface area contributed by atoms with Crippen LogP contribution >= 0.6 is 0 Å². The maximum atomic E-state index is 12.6. The summed E-state index contributed by atoms with van der Waals surface area (Å²) in [6, 6.07) is 9.27. The van der Waals surface area contributed by atoms with Crippen molar-refractivity contribution in [2.75, 3.05) is 6.67 Å². The maximum absolute atomic E-state index is 12.6. The quantitative estimate of drug-likeness (QED) is 0.759. The number of carbonyl (C=O) groups is 1. The molecule has 1 aliphatic heterocycles. The molecule has 0 aromatic heterocycles. The van der Waals surface area contributed by atoms with E-state index >= 15 is 0 Å². The highest BCUT2D eigenvalue weighted by molar-refractivity contribution is 5.80. The zero-order valence-electron chi connectivity index (χ0n) is 7.74. The fourth-order valence-corrected chi connectivity index (χ4v) is 1.90. The Bertz CT molecular complexity index is 325.